The number of nitrogens with one attached hydrogen (secondary N) is 2. The van der Waals surface area contributed by atoms with Gasteiger partial charge in [0.25, 0.3) is 6.43 Å². The third kappa shape index (κ3) is 8.10. The van der Waals surface area contributed by atoms with Crippen LogP contribution in [0.25, 0.3) is 0 Å². The minimum atomic E-state index is -4.68. The van der Waals surface area contributed by atoms with Crippen LogP contribution < -0.4 is 10.2 Å². The summed E-state index contributed by atoms with van der Waals surface area (Å²) < 4.78 is 78.2. The summed E-state index contributed by atoms with van der Waals surface area (Å²) >= 11 is 0. The van der Waals surface area contributed by atoms with Crippen LogP contribution in [0.3, 0.4) is 0 Å². The Morgan fingerprint density at radius 1 is 1.10 bits per heavy atom. The maximum absolute atomic E-state index is 15.3. The molecule has 1 fully saturated rings. The molecular weight excluding hydrogens is 566 g/mol. The number of ether oxygens (including phenoxy) is 3. The molecule has 1 saturated heterocycles. The summed E-state index contributed by atoms with van der Waals surface area (Å²) in [6, 6.07) is -2.73. The van der Waals surface area contributed by atoms with Gasteiger partial charge in [0.15, 0.2) is 23.8 Å². The molecular formula is C23H35F3N3O10P. The number of allylic oxidation sites excluding steroid dienone is 1. The Morgan fingerprint density at radius 3 is 2.02 bits per heavy atom. The fraction of sp³-hybridized carbons (Fsp3) is 0.739. The summed E-state index contributed by atoms with van der Waals surface area (Å²) in [7, 11) is -4.68. The number of rotatable bonds is 13. The smallest absolute Gasteiger partial charge is 0.342 e. The number of hydrogen-bond donors (Lipinski definition) is 3. The van der Waals surface area contributed by atoms with E-state index in [9.17, 15) is 37.6 Å². The van der Waals surface area contributed by atoms with E-state index in [1.165, 1.54) is 13.8 Å². The summed E-state index contributed by atoms with van der Waals surface area (Å²) in [6.07, 6.45) is -10.8. The number of ketones is 1. The van der Waals surface area contributed by atoms with Crippen molar-refractivity contribution >= 4 is 31.3 Å². The van der Waals surface area contributed by atoms with Crippen molar-refractivity contribution in [2.75, 3.05) is 6.61 Å². The highest BCUT2D eigenvalue weighted by atomic mass is 31.2. The summed E-state index contributed by atoms with van der Waals surface area (Å²) in [5.74, 6) is -3.33. The number of aliphatic hydroxyl groups excluding tert-OH is 1. The molecule has 0 saturated carbocycles. The number of hydrogen-bond acceptors (Lipinski definition) is 10. The van der Waals surface area contributed by atoms with Gasteiger partial charge in [0.2, 0.25) is 5.91 Å². The van der Waals surface area contributed by atoms with E-state index < -0.39 is 99.1 Å². The maximum Gasteiger partial charge on any atom is 0.342 e. The molecule has 3 N–H and O–H groups in total. The molecule has 6 atom stereocenters. The minimum absolute atomic E-state index is 0.563. The monoisotopic (exact) mass is 601 g/mol. The number of carbonyl (C=O) groups excluding carboxylic acids is 4. The van der Waals surface area contributed by atoms with E-state index in [0.29, 0.717) is 4.90 Å². The lowest BCUT2D eigenvalue weighted by molar-refractivity contribution is -0.192. The number of esters is 2. The lowest BCUT2D eigenvalue weighted by atomic mass is 9.98. The molecule has 0 aliphatic carbocycles. The zero-order chi connectivity index (χ0) is 30.6. The average Bonchev–Trinajstić information content (AvgIpc) is 3.08. The molecule has 2 rings (SSSR count). The first-order chi connectivity index (χ1) is 18.4. The quantitative estimate of drug-likeness (QED) is 0.158. The normalized spacial score (nSPS) is 27.0. The summed E-state index contributed by atoms with van der Waals surface area (Å²) in [6.45, 7) is 7.17. The number of carbonyl (C=O) groups is 4. The molecule has 1 amide bonds. The van der Waals surface area contributed by atoms with Crippen LogP contribution >= 0.6 is 7.67 Å². The van der Waals surface area contributed by atoms with Gasteiger partial charge < -0.3 is 23.8 Å². The van der Waals surface area contributed by atoms with Gasteiger partial charge in [0.05, 0.1) is 25.2 Å². The number of amides is 1. The number of halogens is 3. The molecule has 228 valence electrons. The van der Waals surface area contributed by atoms with Gasteiger partial charge in [-0.25, -0.2) is 23.3 Å². The summed E-state index contributed by atoms with van der Waals surface area (Å²) in [5, 5.41) is 14.9. The van der Waals surface area contributed by atoms with Gasteiger partial charge in [-0.1, -0.05) is 0 Å². The van der Waals surface area contributed by atoms with Gasteiger partial charge in [0.1, 0.15) is 18.2 Å². The number of nitrogens with zero attached hydrogens (tertiary/aromatic N) is 1. The molecule has 13 nitrogen and oxygen atoms in total. The number of alkyl halides is 3. The molecule has 2 heterocycles. The molecule has 0 radical (unpaired) electrons. The highest BCUT2D eigenvalue weighted by molar-refractivity contribution is 7.54. The fourth-order valence-corrected chi connectivity index (χ4v) is 5.56. The van der Waals surface area contributed by atoms with E-state index in [1.807, 2.05) is 0 Å². The molecule has 2 aliphatic rings. The van der Waals surface area contributed by atoms with E-state index in [1.54, 1.807) is 27.7 Å². The van der Waals surface area contributed by atoms with E-state index in [2.05, 4.69) is 10.2 Å². The zero-order valence-electron chi connectivity index (χ0n) is 22.8. The first-order valence-corrected chi connectivity index (χ1v) is 14.1. The Hall–Kier alpha value is -2.36. The van der Waals surface area contributed by atoms with Crippen molar-refractivity contribution in [1.29, 1.82) is 0 Å². The van der Waals surface area contributed by atoms with Crippen LogP contribution in [0.2, 0.25) is 0 Å². The third-order valence-corrected chi connectivity index (χ3v) is 7.63. The van der Waals surface area contributed by atoms with Gasteiger partial charge in [-0.15, -0.1) is 0 Å². The Kier molecular flexibility index (Phi) is 11.5. The SMILES string of the molecule is CC(C)OC(=O)[C@H](C)NP(=O)(N[C@@H](C)C(=O)OC(C)C)OC[C@@]1(C(F)F)O[C@@H](N2C=CC(=O)CC2=O)[C@H](O)[C@H]1F. The molecule has 2 aliphatic heterocycles. The largest absolute Gasteiger partial charge is 0.462 e. The highest BCUT2D eigenvalue weighted by Gasteiger charge is 2.63. The Labute approximate surface area is 229 Å². The average molecular weight is 602 g/mol. The van der Waals surface area contributed by atoms with Crippen LogP contribution in [0.5, 0.6) is 0 Å². The maximum atomic E-state index is 15.3. The van der Waals surface area contributed by atoms with Gasteiger partial charge >= 0.3 is 19.6 Å². The fourth-order valence-electron chi connectivity index (χ4n) is 3.72. The van der Waals surface area contributed by atoms with Crippen molar-refractivity contribution < 1.29 is 60.8 Å². The number of aliphatic hydroxyl groups is 1. The summed E-state index contributed by atoms with van der Waals surface area (Å²) in [5.41, 5.74) is -3.25. The second-order valence-corrected chi connectivity index (χ2v) is 11.8. The van der Waals surface area contributed by atoms with Crippen molar-refractivity contribution in [3.63, 3.8) is 0 Å². The predicted octanol–water partition coefficient (Wildman–Crippen LogP) is 1.34. The molecule has 0 spiro atoms. The predicted molar refractivity (Wildman–Crippen MR) is 131 cm³/mol. The van der Waals surface area contributed by atoms with Crippen molar-refractivity contribution in [3.05, 3.63) is 12.3 Å². The lowest BCUT2D eigenvalue weighted by Gasteiger charge is -2.34. The second kappa shape index (κ2) is 13.5. The van der Waals surface area contributed by atoms with Crippen molar-refractivity contribution in [2.45, 2.75) is 103 Å². The van der Waals surface area contributed by atoms with Crippen LogP contribution in [0.4, 0.5) is 13.2 Å². The zero-order valence-corrected chi connectivity index (χ0v) is 23.7. The minimum Gasteiger partial charge on any atom is -0.462 e. The van der Waals surface area contributed by atoms with Crippen LogP contribution in [0.15, 0.2) is 12.3 Å². The molecule has 40 heavy (non-hydrogen) atoms. The van der Waals surface area contributed by atoms with Crippen molar-refractivity contribution in [1.82, 2.24) is 15.1 Å². The van der Waals surface area contributed by atoms with Crippen LogP contribution in [0, 0.1) is 0 Å². The van der Waals surface area contributed by atoms with Crippen LogP contribution in [-0.2, 0) is 42.5 Å². The Balaban J connectivity index is 2.35. The topological polar surface area (TPSA) is 170 Å². The van der Waals surface area contributed by atoms with Gasteiger partial charge in [-0.3, -0.25) is 28.6 Å². The van der Waals surface area contributed by atoms with Gasteiger partial charge in [0, 0.05) is 6.20 Å². The van der Waals surface area contributed by atoms with E-state index in [0.717, 1.165) is 12.3 Å². The molecule has 0 aromatic rings. The van der Waals surface area contributed by atoms with E-state index >= 15 is 4.39 Å². The summed E-state index contributed by atoms with van der Waals surface area (Å²) in [4.78, 5) is 48.9. The molecule has 17 heteroatoms. The highest BCUT2D eigenvalue weighted by Crippen LogP contribution is 2.46. The van der Waals surface area contributed by atoms with Crippen LogP contribution in [0.1, 0.15) is 48.0 Å². The van der Waals surface area contributed by atoms with E-state index in [4.69, 9.17) is 18.7 Å². The van der Waals surface area contributed by atoms with Gasteiger partial charge in [-0.2, -0.15) is 0 Å². The Morgan fingerprint density at radius 2 is 1.60 bits per heavy atom. The van der Waals surface area contributed by atoms with Crippen molar-refractivity contribution in [2.24, 2.45) is 0 Å². The lowest BCUT2D eigenvalue weighted by Crippen LogP contribution is -2.52. The van der Waals surface area contributed by atoms with Crippen LogP contribution in [-0.4, -0.2) is 95.1 Å². The third-order valence-electron chi connectivity index (χ3n) is 5.69. The molecule has 0 aromatic heterocycles. The first-order valence-electron chi connectivity index (χ1n) is 12.4. The second-order valence-electron chi connectivity index (χ2n) is 9.91. The standard InChI is InChI=1S/C23H35F3N3O10P/c1-11(2)37-20(33)13(5)27-40(35,28-14(6)21(34)38-12(3)4)36-10-23(22(25)26)18(24)17(32)19(39-23)29-8-7-15(30)9-16(29)31/h7-8,11-14,17-19,22,32H,9-10H2,1-6H3,(H2,27,28,35)/t13-,14-,17+,18+,19+,23+/m0/s1. The van der Waals surface area contributed by atoms with Crippen molar-refractivity contribution in [3.8, 4) is 0 Å². The molecule has 0 aromatic carbocycles. The molecule has 0 unspecified atom stereocenters. The Bertz CT molecular complexity index is 1010. The van der Waals surface area contributed by atoms with E-state index in [-0.39, 0.29) is 0 Å². The first kappa shape index (κ1) is 33.8. The van der Waals surface area contributed by atoms with Gasteiger partial charge in [-0.05, 0) is 47.6 Å². The molecule has 0 bridgehead atoms.